The van der Waals surface area contributed by atoms with Crippen molar-refractivity contribution in [1.82, 2.24) is 4.98 Å². The van der Waals surface area contributed by atoms with Gasteiger partial charge in [0.15, 0.2) is 5.17 Å². The minimum absolute atomic E-state index is 0.138. The molecule has 0 aliphatic carbocycles. The largest absolute Gasteiger partial charge is 0.272 e. The number of pyridine rings is 1. The molecule has 15 heavy (non-hydrogen) atoms. The molecule has 0 saturated heterocycles. The third-order valence-electron chi connectivity index (χ3n) is 1.97. The Bertz CT molecular complexity index is 439. The van der Waals surface area contributed by atoms with E-state index < -0.39 is 0 Å². The molecule has 0 N–H and O–H groups in total. The number of rotatable bonds is 1. The molecule has 1 amide bonds. The van der Waals surface area contributed by atoms with Crippen molar-refractivity contribution in [3.63, 3.8) is 0 Å². The molecule has 5 heteroatoms. The third-order valence-corrected chi connectivity index (χ3v) is 2.51. The minimum atomic E-state index is -0.138. The molecule has 1 aromatic rings. The van der Waals surface area contributed by atoms with E-state index in [1.807, 2.05) is 18.4 Å². The minimum Gasteiger partial charge on any atom is -0.272 e. The van der Waals surface area contributed by atoms with Crippen LogP contribution >= 0.6 is 11.8 Å². The number of hydrogen-bond donors (Lipinski definition) is 0. The van der Waals surface area contributed by atoms with Crippen molar-refractivity contribution < 1.29 is 4.79 Å². The molecule has 76 valence electrons. The van der Waals surface area contributed by atoms with E-state index in [2.05, 4.69) is 15.0 Å². The molecule has 2 heterocycles. The highest BCUT2D eigenvalue weighted by Crippen LogP contribution is 2.13. The Hall–Kier alpha value is -1.49. The van der Waals surface area contributed by atoms with Crippen LogP contribution in [0.25, 0.3) is 0 Å². The summed E-state index contributed by atoms with van der Waals surface area (Å²) in [7, 11) is 0. The summed E-state index contributed by atoms with van der Waals surface area (Å²) in [6.07, 6.45) is 5.50. The van der Waals surface area contributed by atoms with E-state index in [1.165, 1.54) is 11.8 Å². The van der Waals surface area contributed by atoms with Crippen molar-refractivity contribution in [2.75, 3.05) is 6.26 Å². The number of amidine groups is 1. The first-order valence-electron chi connectivity index (χ1n) is 4.43. The van der Waals surface area contributed by atoms with Crippen molar-refractivity contribution in [3.05, 3.63) is 30.1 Å². The van der Waals surface area contributed by atoms with Crippen molar-refractivity contribution in [1.29, 1.82) is 0 Å². The van der Waals surface area contributed by atoms with Gasteiger partial charge in [-0.15, -0.1) is 0 Å². The summed E-state index contributed by atoms with van der Waals surface area (Å²) in [6, 6.07) is 3.69. The molecule has 1 aromatic heterocycles. The van der Waals surface area contributed by atoms with Gasteiger partial charge in [0.1, 0.15) is 0 Å². The number of aliphatic imine (C=N–C) groups is 2. The summed E-state index contributed by atoms with van der Waals surface area (Å²) in [4.78, 5) is 23.4. The van der Waals surface area contributed by atoms with Crippen LogP contribution in [0, 0.1) is 0 Å². The Morgan fingerprint density at radius 2 is 2.00 bits per heavy atom. The van der Waals surface area contributed by atoms with Crippen molar-refractivity contribution in [2.45, 2.75) is 6.42 Å². The monoisotopic (exact) mass is 219 g/mol. The van der Waals surface area contributed by atoms with Gasteiger partial charge in [-0.3, -0.25) is 9.78 Å². The van der Waals surface area contributed by atoms with Crippen molar-refractivity contribution >= 4 is 28.5 Å². The van der Waals surface area contributed by atoms with Gasteiger partial charge in [0.25, 0.3) is 5.91 Å². The van der Waals surface area contributed by atoms with Gasteiger partial charge in [-0.25, -0.2) is 4.99 Å². The van der Waals surface area contributed by atoms with Crippen LogP contribution < -0.4 is 0 Å². The second-order valence-corrected chi connectivity index (χ2v) is 3.74. The summed E-state index contributed by atoms with van der Waals surface area (Å²) >= 11 is 1.37. The highest BCUT2D eigenvalue weighted by atomic mass is 32.2. The second kappa shape index (κ2) is 4.35. The molecule has 1 aliphatic heterocycles. The Labute approximate surface area is 91.5 Å². The summed E-state index contributed by atoms with van der Waals surface area (Å²) in [6.45, 7) is 0. The molecule has 0 aromatic carbocycles. The van der Waals surface area contributed by atoms with Gasteiger partial charge in [-0.05, 0) is 24.0 Å². The molecule has 0 unspecified atom stereocenters. The zero-order chi connectivity index (χ0) is 10.7. The average Bonchev–Trinajstić information content (AvgIpc) is 2.29. The molecular formula is C10H9N3OS. The van der Waals surface area contributed by atoms with Gasteiger partial charge in [-0.2, -0.15) is 4.99 Å². The molecule has 0 saturated carbocycles. The van der Waals surface area contributed by atoms with Crippen LogP contribution in [0.3, 0.4) is 0 Å². The van der Waals surface area contributed by atoms with Gasteiger partial charge in [-0.1, -0.05) is 11.8 Å². The van der Waals surface area contributed by atoms with Crippen LogP contribution in [0.4, 0.5) is 0 Å². The summed E-state index contributed by atoms with van der Waals surface area (Å²) in [5.74, 6) is -0.138. The lowest BCUT2D eigenvalue weighted by Crippen LogP contribution is -2.15. The summed E-state index contributed by atoms with van der Waals surface area (Å²) < 4.78 is 0. The quantitative estimate of drug-likeness (QED) is 0.719. The Kier molecular flexibility index (Phi) is 2.91. The maximum atomic E-state index is 11.3. The Morgan fingerprint density at radius 1 is 1.27 bits per heavy atom. The van der Waals surface area contributed by atoms with Crippen LogP contribution in [0.2, 0.25) is 0 Å². The zero-order valence-corrected chi connectivity index (χ0v) is 8.99. The lowest BCUT2D eigenvalue weighted by atomic mass is 10.1. The molecule has 0 radical (unpaired) electrons. The standard InChI is InChI=1S/C10H9N3OS/c1-15-10-12-8(6-9(14)13-10)7-2-4-11-5-3-7/h2-5H,6H2,1H3. The fourth-order valence-corrected chi connectivity index (χ4v) is 1.67. The Morgan fingerprint density at radius 3 is 2.67 bits per heavy atom. The number of nitrogens with zero attached hydrogens (tertiary/aromatic N) is 3. The molecule has 4 nitrogen and oxygen atoms in total. The fraction of sp³-hybridized carbons (Fsp3) is 0.200. The van der Waals surface area contributed by atoms with E-state index >= 15 is 0 Å². The predicted molar refractivity (Wildman–Crippen MR) is 61.3 cm³/mol. The van der Waals surface area contributed by atoms with Crippen LogP contribution in [0.5, 0.6) is 0 Å². The van der Waals surface area contributed by atoms with Gasteiger partial charge < -0.3 is 0 Å². The second-order valence-electron chi connectivity index (χ2n) is 2.96. The maximum absolute atomic E-state index is 11.3. The lowest BCUT2D eigenvalue weighted by Gasteiger charge is -2.09. The molecular weight excluding hydrogens is 210 g/mol. The van der Waals surface area contributed by atoms with Gasteiger partial charge in [0.2, 0.25) is 0 Å². The predicted octanol–water partition coefficient (Wildman–Crippen LogP) is 1.52. The van der Waals surface area contributed by atoms with E-state index in [-0.39, 0.29) is 12.3 Å². The van der Waals surface area contributed by atoms with Crippen LogP contribution in [0.15, 0.2) is 34.5 Å². The summed E-state index contributed by atoms with van der Waals surface area (Å²) in [5, 5.41) is 0.526. The zero-order valence-electron chi connectivity index (χ0n) is 8.17. The van der Waals surface area contributed by atoms with Gasteiger partial charge in [0, 0.05) is 12.4 Å². The van der Waals surface area contributed by atoms with Crippen molar-refractivity contribution in [2.24, 2.45) is 9.98 Å². The number of thioether (sulfide) groups is 1. The smallest absolute Gasteiger partial charge is 0.254 e. The van der Waals surface area contributed by atoms with E-state index in [0.29, 0.717) is 5.17 Å². The number of aromatic nitrogens is 1. The molecule has 0 fully saturated rings. The molecule has 1 aliphatic rings. The first-order chi connectivity index (χ1) is 7.29. The highest BCUT2D eigenvalue weighted by Gasteiger charge is 2.15. The van der Waals surface area contributed by atoms with Crippen LogP contribution in [-0.4, -0.2) is 28.0 Å². The highest BCUT2D eigenvalue weighted by molar-refractivity contribution is 8.13. The van der Waals surface area contributed by atoms with Crippen LogP contribution in [-0.2, 0) is 4.79 Å². The van der Waals surface area contributed by atoms with E-state index in [1.54, 1.807) is 12.4 Å². The fourth-order valence-electron chi connectivity index (χ4n) is 1.27. The van der Waals surface area contributed by atoms with E-state index in [4.69, 9.17) is 0 Å². The molecule has 0 atom stereocenters. The van der Waals surface area contributed by atoms with Crippen LogP contribution in [0.1, 0.15) is 12.0 Å². The lowest BCUT2D eigenvalue weighted by molar-refractivity contribution is -0.116. The first kappa shape index (κ1) is 10.0. The topological polar surface area (TPSA) is 54.7 Å². The summed E-state index contributed by atoms with van der Waals surface area (Å²) in [5.41, 5.74) is 1.70. The number of hydrogen-bond acceptors (Lipinski definition) is 4. The maximum Gasteiger partial charge on any atom is 0.254 e. The van der Waals surface area contributed by atoms with E-state index in [0.717, 1.165) is 11.3 Å². The number of carbonyl (C=O) groups excluding carboxylic acids is 1. The molecule has 0 spiro atoms. The number of carbonyl (C=O) groups is 1. The Balaban J connectivity index is 2.35. The molecule has 0 bridgehead atoms. The first-order valence-corrected chi connectivity index (χ1v) is 5.65. The van der Waals surface area contributed by atoms with Crippen molar-refractivity contribution in [3.8, 4) is 0 Å². The normalized spacial score (nSPS) is 15.9. The van der Waals surface area contributed by atoms with Gasteiger partial charge in [0.05, 0.1) is 12.1 Å². The molecule has 2 rings (SSSR count). The SMILES string of the molecule is CSC1=NC(=O)CC(c2ccncc2)=N1. The van der Waals surface area contributed by atoms with E-state index in [9.17, 15) is 4.79 Å². The average molecular weight is 219 g/mol. The van der Waals surface area contributed by atoms with Gasteiger partial charge >= 0.3 is 0 Å². The number of amides is 1. The third kappa shape index (κ3) is 2.30.